The molecule has 0 aliphatic carbocycles. The summed E-state index contributed by atoms with van der Waals surface area (Å²) in [5, 5.41) is 0. The number of pyridine rings is 1. The van der Waals surface area contributed by atoms with E-state index in [9.17, 15) is 13.6 Å². The van der Waals surface area contributed by atoms with Crippen LogP contribution in [0.4, 0.5) is 8.78 Å². The Kier molecular flexibility index (Phi) is 5.61. The summed E-state index contributed by atoms with van der Waals surface area (Å²) < 4.78 is 39.1. The first-order valence-corrected chi connectivity index (χ1v) is 7.88. The van der Waals surface area contributed by atoms with Crippen molar-refractivity contribution in [2.75, 3.05) is 0 Å². The van der Waals surface area contributed by atoms with Crippen LogP contribution in [0.15, 0.2) is 24.4 Å². The summed E-state index contributed by atoms with van der Waals surface area (Å²) in [6.07, 6.45) is 6.91. The maximum atomic E-state index is 14.3. The first-order valence-electron chi connectivity index (χ1n) is 7.88. The molecule has 0 amide bonds. The molecule has 26 heavy (non-hydrogen) atoms. The summed E-state index contributed by atoms with van der Waals surface area (Å²) in [4.78, 5) is 16.0. The van der Waals surface area contributed by atoms with Crippen LogP contribution in [-0.4, -0.2) is 16.6 Å². The van der Waals surface area contributed by atoms with Gasteiger partial charge < -0.3 is 9.47 Å². The van der Waals surface area contributed by atoms with Gasteiger partial charge in [-0.3, -0.25) is 0 Å². The van der Waals surface area contributed by atoms with Crippen LogP contribution in [0.2, 0.25) is 0 Å². The van der Waals surface area contributed by atoms with E-state index in [0.717, 1.165) is 17.7 Å². The molecule has 0 aliphatic rings. The van der Waals surface area contributed by atoms with Crippen LogP contribution in [0.25, 0.3) is 0 Å². The lowest BCUT2D eigenvalue weighted by Crippen LogP contribution is -2.24. The van der Waals surface area contributed by atoms with E-state index in [4.69, 9.17) is 15.9 Å². The zero-order valence-corrected chi connectivity index (χ0v) is 15.0. The van der Waals surface area contributed by atoms with Gasteiger partial charge in [0.1, 0.15) is 23.8 Å². The lowest BCUT2D eigenvalue weighted by Gasteiger charge is -2.19. The molecule has 4 nitrogen and oxygen atoms in total. The van der Waals surface area contributed by atoms with E-state index in [1.165, 1.54) is 0 Å². The molecule has 0 fully saturated rings. The van der Waals surface area contributed by atoms with Gasteiger partial charge in [-0.1, -0.05) is 0 Å². The molecule has 1 aromatic carbocycles. The van der Waals surface area contributed by atoms with Crippen molar-refractivity contribution in [1.82, 2.24) is 4.98 Å². The van der Waals surface area contributed by atoms with Crippen LogP contribution in [0.3, 0.4) is 0 Å². The maximum absolute atomic E-state index is 14.3. The molecule has 0 saturated heterocycles. The molecule has 0 N–H and O–H groups in total. The number of terminal acetylenes is 1. The number of ether oxygens (including phenoxy) is 2. The second kappa shape index (κ2) is 7.52. The van der Waals surface area contributed by atoms with Gasteiger partial charge in [0.05, 0.1) is 11.1 Å². The van der Waals surface area contributed by atoms with Crippen molar-refractivity contribution in [3.8, 4) is 18.1 Å². The minimum absolute atomic E-state index is 0.208. The van der Waals surface area contributed by atoms with Gasteiger partial charge in [0.15, 0.2) is 11.4 Å². The lowest BCUT2D eigenvalue weighted by molar-refractivity contribution is 0.00683. The molecule has 2 aromatic rings. The Hall–Kier alpha value is -2.94. The van der Waals surface area contributed by atoms with E-state index in [1.54, 1.807) is 40.0 Å². The van der Waals surface area contributed by atoms with E-state index < -0.39 is 29.8 Å². The SMILES string of the molecule is C#Cc1ncc(C)cc1OCc1c(F)cc(C(=O)OC(C)(C)C)cc1F. The average Bonchev–Trinajstić information content (AvgIpc) is 2.52. The summed E-state index contributed by atoms with van der Waals surface area (Å²) >= 11 is 0. The van der Waals surface area contributed by atoms with E-state index in [-0.39, 0.29) is 22.6 Å². The molecule has 0 aliphatic heterocycles. The van der Waals surface area contributed by atoms with Crippen LogP contribution < -0.4 is 4.74 Å². The normalized spacial score (nSPS) is 11.0. The number of aryl methyl sites for hydroxylation is 1. The van der Waals surface area contributed by atoms with Crippen molar-refractivity contribution in [3.63, 3.8) is 0 Å². The number of hydrogen-bond acceptors (Lipinski definition) is 4. The zero-order valence-electron chi connectivity index (χ0n) is 15.0. The fraction of sp³-hybridized carbons (Fsp3) is 0.300. The molecule has 1 heterocycles. The molecule has 1 aromatic heterocycles. The Balaban J connectivity index is 2.23. The molecule has 0 bridgehead atoms. The highest BCUT2D eigenvalue weighted by molar-refractivity contribution is 5.89. The van der Waals surface area contributed by atoms with Gasteiger partial charge in [-0.15, -0.1) is 6.42 Å². The van der Waals surface area contributed by atoms with Crippen LogP contribution in [0, 0.1) is 30.9 Å². The van der Waals surface area contributed by atoms with Gasteiger partial charge in [0.25, 0.3) is 0 Å². The molecular weight excluding hydrogens is 340 g/mol. The van der Waals surface area contributed by atoms with E-state index in [1.807, 2.05) is 0 Å². The summed E-state index contributed by atoms with van der Waals surface area (Å²) in [6.45, 7) is 6.39. The first kappa shape index (κ1) is 19.4. The summed E-state index contributed by atoms with van der Waals surface area (Å²) in [7, 11) is 0. The Morgan fingerprint density at radius 3 is 2.38 bits per heavy atom. The maximum Gasteiger partial charge on any atom is 0.338 e. The number of rotatable bonds is 4. The topological polar surface area (TPSA) is 48.4 Å². The van der Waals surface area contributed by atoms with Crippen molar-refractivity contribution in [3.05, 3.63) is 58.4 Å². The Bertz CT molecular complexity index is 857. The molecule has 0 unspecified atom stereocenters. The minimum Gasteiger partial charge on any atom is -0.486 e. The molecule has 0 saturated carbocycles. The van der Waals surface area contributed by atoms with E-state index in [0.29, 0.717) is 0 Å². The van der Waals surface area contributed by atoms with Crippen molar-refractivity contribution in [2.24, 2.45) is 0 Å². The number of hydrogen-bond donors (Lipinski definition) is 0. The standard InChI is InChI=1S/C20H19F2NO3/c1-6-17-18(7-12(2)10-23-17)25-11-14-15(21)8-13(9-16(14)22)19(24)26-20(3,4)5/h1,7-10H,11H2,2-5H3. The predicted octanol–water partition coefficient (Wildman–Crippen LogP) is 4.18. The summed E-state index contributed by atoms with van der Waals surface area (Å²) in [6, 6.07) is 3.48. The predicted molar refractivity (Wildman–Crippen MR) is 92.8 cm³/mol. The quantitative estimate of drug-likeness (QED) is 0.607. The monoisotopic (exact) mass is 359 g/mol. The first-order chi connectivity index (χ1) is 12.1. The molecule has 0 radical (unpaired) electrons. The van der Waals surface area contributed by atoms with Crippen LogP contribution >= 0.6 is 0 Å². The lowest BCUT2D eigenvalue weighted by atomic mass is 10.1. The highest BCUT2D eigenvalue weighted by Crippen LogP contribution is 2.22. The number of carbonyl (C=O) groups excluding carboxylic acids is 1. The molecule has 2 rings (SSSR count). The van der Waals surface area contributed by atoms with Crippen LogP contribution in [0.1, 0.15) is 48.0 Å². The number of nitrogens with zero attached hydrogens (tertiary/aromatic N) is 1. The number of halogens is 2. The third kappa shape index (κ3) is 4.79. The highest BCUT2D eigenvalue weighted by atomic mass is 19.1. The molecule has 136 valence electrons. The van der Waals surface area contributed by atoms with Crippen molar-refractivity contribution >= 4 is 5.97 Å². The van der Waals surface area contributed by atoms with Crippen molar-refractivity contribution in [2.45, 2.75) is 39.9 Å². The van der Waals surface area contributed by atoms with Gasteiger partial charge in [0.2, 0.25) is 0 Å². The largest absolute Gasteiger partial charge is 0.486 e. The number of carbonyl (C=O) groups is 1. The fourth-order valence-corrected chi connectivity index (χ4v) is 2.11. The van der Waals surface area contributed by atoms with Gasteiger partial charge in [-0.2, -0.15) is 0 Å². The molecule has 0 atom stereocenters. The van der Waals surface area contributed by atoms with Crippen molar-refractivity contribution in [1.29, 1.82) is 0 Å². The van der Waals surface area contributed by atoms with Gasteiger partial charge in [0, 0.05) is 6.20 Å². The van der Waals surface area contributed by atoms with Gasteiger partial charge >= 0.3 is 5.97 Å². The Morgan fingerprint density at radius 1 is 1.23 bits per heavy atom. The summed E-state index contributed by atoms with van der Waals surface area (Å²) in [5.41, 5.74) is -0.265. The summed E-state index contributed by atoms with van der Waals surface area (Å²) in [5.74, 6) is -0.0209. The zero-order chi connectivity index (χ0) is 19.5. The van der Waals surface area contributed by atoms with Gasteiger partial charge in [-0.25, -0.2) is 18.6 Å². The second-order valence-electron chi connectivity index (χ2n) is 6.71. The Morgan fingerprint density at radius 2 is 1.85 bits per heavy atom. The van der Waals surface area contributed by atoms with Crippen molar-refractivity contribution < 1.29 is 23.0 Å². The number of aromatic nitrogens is 1. The molecule has 6 heteroatoms. The van der Waals surface area contributed by atoms with Crippen LogP contribution in [-0.2, 0) is 11.3 Å². The molecule has 0 spiro atoms. The number of esters is 1. The fourth-order valence-electron chi connectivity index (χ4n) is 2.11. The molecular formula is C20H19F2NO3. The highest BCUT2D eigenvalue weighted by Gasteiger charge is 2.21. The van der Waals surface area contributed by atoms with E-state index >= 15 is 0 Å². The third-order valence-corrected chi connectivity index (χ3v) is 3.27. The van der Waals surface area contributed by atoms with E-state index in [2.05, 4.69) is 10.9 Å². The third-order valence-electron chi connectivity index (χ3n) is 3.27. The van der Waals surface area contributed by atoms with Crippen LogP contribution in [0.5, 0.6) is 5.75 Å². The number of benzene rings is 1. The Labute approximate surface area is 151 Å². The second-order valence-corrected chi connectivity index (χ2v) is 6.71. The average molecular weight is 359 g/mol. The minimum atomic E-state index is -0.909. The smallest absolute Gasteiger partial charge is 0.338 e. The van der Waals surface area contributed by atoms with Gasteiger partial charge in [-0.05, 0) is 57.4 Å².